The van der Waals surface area contributed by atoms with Crippen molar-refractivity contribution >= 4 is 35.5 Å². The summed E-state index contributed by atoms with van der Waals surface area (Å²) in [7, 11) is 0. The minimum atomic E-state index is -0.139. The van der Waals surface area contributed by atoms with Crippen LogP contribution in [0.15, 0.2) is 88.6 Å². The number of hydrogen-bond acceptors (Lipinski definition) is 5. The lowest BCUT2D eigenvalue weighted by molar-refractivity contribution is -0.113. The first kappa shape index (κ1) is 22.7. The highest BCUT2D eigenvalue weighted by atomic mass is 32.2. The molecule has 3 aromatic carbocycles. The predicted molar refractivity (Wildman–Crippen MR) is 140 cm³/mol. The van der Waals surface area contributed by atoms with Crippen LogP contribution in [0.5, 0.6) is 5.88 Å². The molecular weight excluding hydrogens is 456 g/mol. The lowest BCUT2D eigenvalue weighted by Gasteiger charge is -2.11. The fourth-order valence-corrected chi connectivity index (χ4v) is 4.69. The highest BCUT2D eigenvalue weighted by Gasteiger charge is 2.19. The lowest BCUT2D eigenvalue weighted by atomic mass is 10.1. The molecule has 0 aliphatic carbocycles. The van der Waals surface area contributed by atoms with Crippen molar-refractivity contribution in [2.45, 2.75) is 19.0 Å². The van der Waals surface area contributed by atoms with E-state index in [0.29, 0.717) is 16.5 Å². The number of para-hydroxylation sites is 2. The van der Waals surface area contributed by atoms with Crippen LogP contribution in [0.3, 0.4) is 0 Å². The van der Waals surface area contributed by atoms with Crippen LogP contribution in [0, 0.1) is 13.8 Å². The van der Waals surface area contributed by atoms with Crippen LogP contribution >= 0.6 is 11.8 Å². The van der Waals surface area contributed by atoms with Crippen molar-refractivity contribution in [3.05, 3.63) is 106 Å². The Hall–Kier alpha value is -4.10. The molecule has 1 aromatic heterocycles. The second kappa shape index (κ2) is 9.64. The monoisotopic (exact) mass is 480 g/mol. The van der Waals surface area contributed by atoms with E-state index in [4.69, 9.17) is 0 Å². The van der Waals surface area contributed by atoms with Gasteiger partial charge in [0.15, 0.2) is 5.16 Å². The van der Waals surface area contributed by atoms with Gasteiger partial charge in [0, 0.05) is 10.9 Å². The van der Waals surface area contributed by atoms with Crippen LogP contribution in [0.25, 0.3) is 17.8 Å². The van der Waals surface area contributed by atoms with E-state index in [1.54, 1.807) is 10.6 Å². The smallest absolute Gasteiger partial charge is 0.234 e. The number of fused-ring (bicyclic) bond motifs is 1. The molecule has 0 saturated carbocycles. The number of benzene rings is 3. The summed E-state index contributed by atoms with van der Waals surface area (Å²) in [6, 6.07) is 23.2. The van der Waals surface area contributed by atoms with E-state index >= 15 is 0 Å². The first-order chi connectivity index (χ1) is 17.0. The van der Waals surface area contributed by atoms with Gasteiger partial charge in [-0.15, -0.1) is 0 Å². The molecule has 35 heavy (non-hydrogen) atoms. The summed E-state index contributed by atoms with van der Waals surface area (Å²) in [5, 5.41) is 16.5. The Kier molecular flexibility index (Phi) is 6.25. The average molecular weight is 481 g/mol. The number of carbonyl (C=O) groups is 1. The van der Waals surface area contributed by atoms with Gasteiger partial charge in [-0.3, -0.25) is 9.36 Å². The minimum absolute atomic E-state index is 0.000642. The van der Waals surface area contributed by atoms with E-state index in [0.717, 1.165) is 33.1 Å². The molecule has 4 aromatic rings. The molecule has 7 heteroatoms. The normalized spacial score (nSPS) is 13.3. The Bertz CT molecular complexity index is 1540. The fraction of sp³-hybridized carbons (Fsp3) is 0.107. The number of carbonyl (C=O) groups excluding carboxylic acids is 1. The number of thioether (sulfide) groups is 1. The van der Waals surface area contributed by atoms with Gasteiger partial charge in [0.2, 0.25) is 11.8 Å². The van der Waals surface area contributed by atoms with Crippen molar-refractivity contribution in [2.24, 2.45) is 4.99 Å². The van der Waals surface area contributed by atoms with Crippen molar-refractivity contribution in [1.29, 1.82) is 0 Å². The fourth-order valence-electron chi connectivity index (χ4n) is 3.87. The summed E-state index contributed by atoms with van der Waals surface area (Å²) in [6.07, 6.45) is 3.72. The number of aromatic hydroxyl groups is 1. The third-order valence-corrected chi connectivity index (χ3v) is 6.79. The molecule has 2 heterocycles. The van der Waals surface area contributed by atoms with E-state index < -0.39 is 0 Å². The average Bonchev–Trinajstić information content (AvgIpc) is 3.41. The molecule has 2 N–H and O–H groups in total. The number of aromatic nitrogens is 2. The predicted octanol–water partition coefficient (Wildman–Crippen LogP) is 4.38. The molecule has 0 unspecified atom stereocenters. The summed E-state index contributed by atoms with van der Waals surface area (Å²) in [4.78, 5) is 22.0. The number of hydrogen-bond donors (Lipinski definition) is 2. The lowest BCUT2D eigenvalue weighted by Crippen LogP contribution is -2.19. The standard InChI is InChI=1S/C28H24N4O2S/c1-18-9-8-14-23(19(18)2)30-26(33)17-35-28-31-25(27(34)32(28)22-11-4-3-5-12-22)16-21-15-20-10-6-7-13-24(20)29-21/h3-16,34H,17H2,1-2H3,(H,30,33)/b21-16-. The molecule has 0 atom stereocenters. The third-order valence-electron chi connectivity index (χ3n) is 5.85. The van der Waals surface area contributed by atoms with Crippen LogP contribution in [0.2, 0.25) is 0 Å². The van der Waals surface area contributed by atoms with Crippen LogP contribution in [-0.2, 0) is 4.79 Å². The number of imidazole rings is 1. The number of allylic oxidation sites excluding steroid dienone is 1. The molecule has 1 aliphatic rings. The SMILES string of the molecule is Cc1cccc(NC(=O)CSc2nc(/C=C3/C=c4ccccc4=N3)c(O)n2-c2ccccc2)c1C. The number of rotatable bonds is 6. The number of nitrogens with zero attached hydrogens (tertiary/aromatic N) is 3. The Morgan fingerprint density at radius 3 is 2.60 bits per heavy atom. The number of aryl methyl sites for hydroxylation is 1. The molecule has 0 spiro atoms. The Morgan fingerprint density at radius 2 is 1.80 bits per heavy atom. The number of anilines is 1. The van der Waals surface area contributed by atoms with Gasteiger partial charge in [0.25, 0.3) is 0 Å². The molecule has 1 amide bonds. The highest BCUT2D eigenvalue weighted by Crippen LogP contribution is 2.32. The van der Waals surface area contributed by atoms with Gasteiger partial charge in [-0.05, 0) is 61.4 Å². The number of amides is 1. The van der Waals surface area contributed by atoms with E-state index in [9.17, 15) is 9.90 Å². The van der Waals surface area contributed by atoms with Crippen molar-refractivity contribution in [3.63, 3.8) is 0 Å². The van der Waals surface area contributed by atoms with E-state index in [1.807, 2.05) is 92.7 Å². The highest BCUT2D eigenvalue weighted by molar-refractivity contribution is 7.99. The van der Waals surface area contributed by atoms with E-state index in [-0.39, 0.29) is 17.5 Å². The maximum absolute atomic E-state index is 12.7. The van der Waals surface area contributed by atoms with Crippen molar-refractivity contribution in [2.75, 3.05) is 11.1 Å². The molecule has 5 rings (SSSR count). The van der Waals surface area contributed by atoms with Crippen LogP contribution < -0.4 is 15.9 Å². The van der Waals surface area contributed by atoms with Gasteiger partial charge in [-0.1, -0.05) is 60.3 Å². The maximum Gasteiger partial charge on any atom is 0.234 e. The van der Waals surface area contributed by atoms with Crippen molar-refractivity contribution < 1.29 is 9.90 Å². The largest absolute Gasteiger partial charge is 0.493 e. The molecule has 6 nitrogen and oxygen atoms in total. The second-order valence-electron chi connectivity index (χ2n) is 8.24. The zero-order valence-corrected chi connectivity index (χ0v) is 20.2. The van der Waals surface area contributed by atoms with Crippen LogP contribution in [-0.4, -0.2) is 26.3 Å². The molecular formula is C28H24N4O2S. The van der Waals surface area contributed by atoms with Gasteiger partial charge in [-0.25, -0.2) is 9.98 Å². The van der Waals surface area contributed by atoms with Gasteiger partial charge < -0.3 is 10.4 Å². The Labute approximate surface area is 207 Å². The first-order valence-corrected chi connectivity index (χ1v) is 12.2. The van der Waals surface area contributed by atoms with Crippen LogP contribution in [0.1, 0.15) is 16.8 Å². The summed E-state index contributed by atoms with van der Waals surface area (Å²) < 4.78 is 1.66. The molecule has 0 bridgehead atoms. The van der Waals surface area contributed by atoms with E-state index in [1.165, 1.54) is 11.8 Å². The van der Waals surface area contributed by atoms with Crippen molar-refractivity contribution in [3.8, 4) is 11.6 Å². The van der Waals surface area contributed by atoms with Crippen LogP contribution in [0.4, 0.5) is 5.69 Å². The van der Waals surface area contributed by atoms with Crippen molar-refractivity contribution in [1.82, 2.24) is 9.55 Å². The summed E-state index contributed by atoms with van der Waals surface area (Å²) in [5.41, 5.74) is 4.83. The molecule has 1 aliphatic heterocycles. The van der Waals surface area contributed by atoms with Gasteiger partial charge in [0.1, 0.15) is 5.69 Å². The topological polar surface area (TPSA) is 79.5 Å². The Balaban J connectivity index is 1.44. The van der Waals surface area contributed by atoms with Gasteiger partial charge in [-0.2, -0.15) is 0 Å². The minimum Gasteiger partial charge on any atom is -0.493 e. The summed E-state index contributed by atoms with van der Waals surface area (Å²) in [6.45, 7) is 4.00. The molecule has 174 valence electrons. The maximum atomic E-state index is 12.7. The molecule has 0 saturated heterocycles. The summed E-state index contributed by atoms with van der Waals surface area (Å²) >= 11 is 1.27. The molecule has 0 radical (unpaired) electrons. The van der Waals surface area contributed by atoms with Gasteiger partial charge >= 0.3 is 0 Å². The number of nitrogens with one attached hydrogen (secondary N) is 1. The second-order valence-corrected chi connectivity index (χ2v) is 9.19. The first-order valence-electron chi connectivity index (χ1n) is 11.2. The summed E-state index contributed by atoms with van der Waals surface area (Å²) in [5.74, 6) is 0.00946. The van der Waals surface area contributed by atoms with E-state index in [2.05, 4.69) is 15.3 Å². The zero-order valence-electron chi connectivity index (χ0n) is 19.4. The molecule has 0 fully saturated rings. The quantitative estimate of drug-likeness (QED) is 0.402. The van der Waals surface area contributed by atoms with Gasteiger partial charge in [0.05, 0.1) is 22.5 Å². The zero-order chi connectivity index (χ0) is 24.4. The third kappa shape index (κ3) is 4.76. The Morgan fingerprint density at radius 1 is 1.03 bits per heavy atom.